The number of sulfonamides is 1. The van der Waals surface area contributed by atoms with Crippen LogP contribution in [0.25, 0.3) is 0 Å². The van der Waals surface area contributed by atoms with E-state index in [4.69, 9.17) is 4.74 Å². The SMILES string of the molecule is CC[C@@H](C(=O)Nc1ccc(S(=O)(=O)NC[C@H]2CCCO2)cc1)c1ccccc1. The first-order valence-corrected chi connectivity index (χ1v) is 11.0. The fourth-order valence-corrected chi connectivity index (χ4v) is 4.36. The second-order valence-electron chi connectivity index (χ2n) is 6.87. The Morgan fingerprint density at radius 2 is 1.86 bits per heavy atom. The average molecular weight is 403 g/mol. The first kappa shape index (κ1) is 20.5. The van der Waals surface area contributed by atoms with Crippen LogP contribution in [0, 0.1) is 0 Å². The maximum Gasteiger partial charge on any atom is 0.240 e. The van der Waals surface area contributed by atoms with Gasteiger partial charge in [0.05, 0.1) is 16.9 Å². The van der Waals surface area contributed by atoms with E-state index in [0.717, 1.165) is 18.4 Å². The zero-order valence-electron chi connectivity index (χ0n) is 15.9. The quantitative estimate of drug-likeness (QED) is 0.710. The number of rotatable bonds is 8. The molecule has 1 fully saturated rings. The molecule has 28 heavy (non-hydrogen) atoms. The minimum atomic E-state index is -3.60. The Labute approximate surface area is 166 Å². The maximum absolute atomic E-state index is 12.6. The van der Waals surface area contributed by atoms with Gasteiger partial charge in [-0.25, -0.2) is 13.1 Å². The largest absolute Gasteiger partial charge is 0.377 e. The summed E-state index contributed by atoms with van der Waals surface area (Å²) in [6.07, 6.45) is 2.45. The molecule has 2 aromatic carbocycles. The molecule has 1 aliphatic heterocycles. The Bertz CT molecular complexity index is 876. The molecule has 0 saturated carbocycles. The van der Waals surface area contributed by atoms with Gasteiger partial charge in [-0.3, -0.25) is 4.79 Å². The normalized spacial score (nSPS) is 18.0. The van der Waals surface area contributed by atoms with Gasteiger partial charge >= 0.3 is 0 Å². The van der Waals surface area contributed by atoms with Gasteiger partial charge in [0.1, 0.15) is 0 Å². The van der Waals surface area contributed by atoms with Crippen LogP contribution in [0.4, 0.5) is 5.69 Å². The number of benzene rings is 2. The Kier molecular flexibility index (Phi) is 6.83. The third-order valence-electron chi connectivity index (χ3n) is 4.88. The third kappa shape index (κ3) is 5.19. The molecule has 7 heteroatoms. The van der Waals surface area contributed by atoms with Gasteiger partial charge in [-0.05, 0) is 49.1 Å². The van der Waals surface area contributed by atoms with E-state index < -0.39 is 10.0 Å². The Balaban J connectivity index is 1.62. The van der Waals surface area contributed by atoms with Crippen LogP contribution in [-0.2, 0) is 19.6 Å². The van der Waals surface area contributed by atoms with E-state index in [1.54, 1.807) is 12.1 Å². The molecule has 0 unspecified atom stereocenters. The lowest BCUT2D eigenvalue weighted by Crippen LogP contribution is -2.31. The van der Waals surface area contributed by atoms with Crippen molar-refractivity contribution in [2.45, 2.75) is 43.1 Å². The minimum absolute atomic E-state index is 0.0581. The molecule has 1 saturated heterocycles. The molecule has 2 N–H and O–H groups in total. The van der Waals surface area contributed by atoms with Crippen molar-refractivity contribution in [3.05, 3.63) is 60.2 Å². The Morgan fingerprint density at radius 3 is 2.46 bits per heavy atom. The van der Waals surface area contributed by atoms with Gasteiger partial charge in [0.2, 0.25) is 15.9 Å². The highest BCUT2D eigenvalue weighted by molar-refractivity contribution is 7.89. The molecular weight excluding hydrogens is 376 g/mol. The molecule has 1 amide bonds. The second-order valence-corrected chi connectivity index (χ2v) is 8.64. The Hall–Kier alpha value is -2.22. The molecule has 0 aliphatic carbocycles. The van der Waals surface area contributed by atoms with Gasteiger partial charge in [0.25, 0.3) is 0 Å². The summed E-state index contributed by atoms with van der Waals surface area (Å²) < 4.78 is 32.8. The average Bonchev–Trinajstić information content (AvgIpc) is 3.22. The first-order valence-electron chi connectivity index (χ1n) is 9.56. The van der Waals surface area contributed by atoms with E-state index in [-0.39, 0.29) is 29.4 Å². The molecule has 2 atom stereocenters. The van der Waals surface area contributed by atoms with Gasteiger partial charge in [0.15, 0.2) is 0 Å². The summed E-state index contributed by atoms with van der Waals surface area (Å²) in [5.74, 6) is -0.362. The van der Waals surface area contributed by atoms with Crippen LogP contribution in [0.15, 0.2) is 59.5 Å². The predicted molar refractivity (Wildman–Crippen MR) is 109 cm³/mol. The number of carbonyl (C=O) groups is 1. The molecule has 0 bridgehead atoms. The van der Waals surface area contributed by atoms with Gasteiger partial charge < -0.3 is 10.1 Å². The standard InChI is InChI=1S/C21H26N2O4S/c1-2-20(16-7-4-3-5-8-16)21(24)23-17-10-12-19(13-11-17)28(25,26)22-15-18-9-6-14-27-18/h3-5,7-8,10-13,18,20,22H,2,6,9,14-15H2,1H3,(H,23,24)/t18-,20-/m1/s1. The van der Waals surface area contributed by atoms with Gasteiger partial charge in [-0.1, -0.05) is 37.3 Å². The van der Waals surface area contributed by atoms with Crippen LogP contribution in [-0.4, -0.2) is 33.6 Å². The summed E-state index contributed by atoms with van der Waals surface area (Å²) in [7, 11) is -3.60. The predicted octanol–water partition coefficient (Wildman–Crippen LogP) is 3.28. The summed E-state index contributed by atoms with van der Waals surface area (Å²) in [5, 5.41) is 2.87. The molecule has 1 heterocycles. The lowest BCUT2D eigenvalue weighted by Gasteiger charge is -2.16. The molecular formula is C21H26N2O4S. The topological polar surface area (TPSA) is 84.5 Å². The fraction of sp³-hybridized carbons (Fsp3) is 0.381. The van der Waals surface area contributed by atoms with Crippen LogP contribution in [0.1, 0.15) is 37.7 Å². The summed E-state index contributed by atoms with van der Waals surface area (Å²) in [6.45, 7) is 2.92. The zero-order chi connectivity index (χ0) is 20.0. The van der Waals surface area contributed by atoms with Crippen molar-refractivity contribution in [2.75, 3.05) is 18.5 Å². The van der Waals surface area contributed by atoms with Crippen molar-refractivity contribution in [3.63, 3.8) is 0 Å². The number of nitrogens with one attached hydrogen (secondary N) is 2. The van der Waals surface area contributed by atoms with Gasteiger partial charge in [-0.15, -0.1) is 0 Å². The van der Waals surface area contributed by atoms with Crippen molar-refractivity contribution in [1.82, 2.24) is 4.72 Å². The van der Waals surface area contributed by atoms with E-state index in [0.29, 0.717) is 18.7 Å². The van der Waals surface area contributed by atoms with Crippen molar-refractivity contribution in [3.8, 4) is 0 Å². The van der Waals surface area contributed by atoms with Crippen LogP contribution in [0.5, 0.6) is 0 Å². The smallest absolute Gasteiger partial charge is 0.240 e. The Morgan fingerprint density at radius 1 is 1.14 bits per heavy atom. The van der Waals surface area contributed by atoms with E-state index >= 15 is 0 Å². The molecule has 3 rings (SSSR count). The minimum Gasteiger partial charge on any atom is -0.377 e. The molecule has 6 nitrogen and oxygen atoms in total. The van der Waals surface area contributed by atoms with Crippen LogP contribution in [0.2, 0.25) is 0 Å². The van der Waals surface area contributed by atoms with Crippen molar-refractivity contribution in [2.24, 2.45) is 0 Å². The second kappa shape index (κ2) is 9.32. The lowest BCUT2D eigenvalue weighted by molar-refractivity contribution is -0.117. The fourth-order valence-electron chi connectivity index (χ4n) is 3.30. The maximum atomic E-state index is 12.6. The highest BCUT2D eigenvalue weighted by Crippen LogP contribution is 2.22. The molecule has 0 radical (unpaired) electrons. The molecule has 150 valence electrons. The van der Waals surface area contributed by atoms with E-state index in [2.05, 4.69) is 10.0 Å². The number of anilines is 1. The monoisotopic (exact) mass is 402 g/mol. The number of hydrogen-bond acceptors (Lipinski definition) is 4. The molecule has 2 aromatic rings. The van der Waals surface area contributed by atoms with E-state index in [9.17, 15) is 13.2 Å². The highest BCUT2D eigenvalue weighted by Gasteiger charge is 2.21. The van der Waals surface area contributed by atoms with Crippen molar-refractivity contribution in [1.29, 1.82) is 0 Å². The zero-order valence-corrected chi connectivity index (χ0v) is 16.7. The molecule has 0 aromatic heterocycles. The number of amides is 1. The highest BCUT2D eigenvalue weighted by atomic mass is 32.2. The van der Waals surface area contributed by atoms with Gasteiger partial charge in [-0.2, -0.15) is 0 Å². The summed E-state index contributed by atoms with van der Waals surface area (Å²) in [5.41, 5.74) is 1.53. The summed E-state index contributed by atoms with van der Waals surface area (Å²) in [6, 6.07) is 15.8. The summed E-state index contributed by atoms with van der Waals surface area (Å²) >= 11 is 0. The first-order chi connectivity index (χ1) is 13.5. The summed E-state index contributed by atoms with van der Waals surface area (Å²) in [4.78, 5) is 12.8. The number of ether oxygens (including phenoxy) is 1. The number of hydrogen-bond donors (Lipinski definition) is 2. The third-order valence-corrected chi connectivity index (χ3v) is 6.32. The van der Waals surface area contributed by atoms with E-state index in [1.165, 1.54) is 12.1 Å². The molecule has 1 aliphatic rings. The van der Waals surface area contributed by atoms with E-state index in [1.807, 2.05) is 37.3 Å². The lowest BCUT2D eigenvalue weighted by atomic mass is 9.95. The number of carbonyl (C=O) groups excluding carboxylic acids is 1. The van der Waals surface area contributed by atoms with Crippen molar-refractivity contribution < 1.29 is 17.9 Å². The van der Waals surface area contributed by atoms with Gasteiger partial charge in [0, 0.05) is 18.8 Å². The molecule has 0 spiro atoms. The van der Waals surface area contributed by atoms with Crippen LogP contribution >= 0.6 is 0 Å². The van der Waals surface area contributed by atoms with Crippen LogP contribution in [0.3, 0.4) is 0 Å². The van der Waals surface area contributed by atoms with Crippen LogP contribution < -0.4 is 10.0 Å². The van der Waals surface area contributed by atoms with Crippen molar-refractivity contribution >= 4 is 21.6 Å².